The van der Waals surface area contributed by atoms with Gasteiger partial charge in [-0.05, 0) is 36.4 Å². The van der Waals surface area contributed by atoms with Gasteiger partial charge in [-0.25, -0.2) is 0 Å². The van der Waals surface area contributed by atoms with Gasteiger partial charge >= 0.3 is 0 Å². The highest BCUT2D eigenvalue weighted by atomic mass is 16.2. The summed E-state index contributed by atoms with van der Waals surface area (Å²) in [7, 11) is 0. The van der Waals surface area contributed by atoms with Crippen LogP contribution in [0.25, 0.3) is 0 Å². The van der Waals surface area contributed by atoms with E-state index in [0.29, 0.717) is 0 Å². The number of ketones is 2. The summed E-state index contributed by atoms with van der Waals surface area (Å²) in [5.74, 6) is -5.42. The average Bonchev–Trinajstić information content (AvgIpc) is 3.44. The van der Waals surface area contributed by atoms with Gasteiger partial charge in [0.05, 0.1) is 44.8 Å². The number of nitrogens with zero attached hydrogens (tertiary/aromatic N) is 2. The van der Waals surface area contributed by atoms with Crippen LogP contribution in [-0.4, -0.2) is 69.9 Å². The molecule has 2 aliphatic heterocycles. The Morgan fingerprint density at radius 3 is 1.02 bits per heavy atom. The molecule has 7 rings (SSSR count). The molecule has 6 amide bonds. The van der Waals surface area contributed by atoms with Crippen LogP contribution in [0.1, 0.15) is 73.3 Å². The van der Waals surface area contributed by atoms with Gasteiger partial charge in [-0.3, -0.25) is 48.2 Å². The van der Waals surface area contributed by atoms with Gasteiger partial charge in [0.2, 0.25) is 11.8 Å². The SMILES string of the molecule is O=C(CN1C(=O)c2ccccc2C1=O)Nc1ccc(NC(=O)CN2C(=O)c3ccccc3C2=O)c2c1C(=O)c1ccccc1C2=O. The molecule has 0 fully saturated rings. The van der Waals surface area contributed by atoms with Crippen LogP contribution in [0.15, 0.2) is 84.9 Å². The number of rotatable bonds is 6. The summed E-state index contributed by atoms with van der Waals surface area (Å²) in [4.78, 5) is 106. The molecule has 0 saturated carbocycles. The molecule has 0 unspecified atom stereocenters. The van der Waals surface area contributed by atoms with Crippen molar-refractivity contribution in [1.29, 1.82) is 0 Å². The number of hydrogen-bond acceptors (Lipinski definition) is 8. The van der Waals surface area contributed by atoms with Crippen LogP contribution in [0.3, 0.4) is 0 Å². The second-order valence-electron chi connectivity index (χ2n) is 10.7. The summed E-state index contributed by atoms with van der Waals surface area (Å²) >= 11 is 0. The number of carbonyl (C=O) groups is 8. The molecule has 0 spiro atoms. The number of nitrogens with one attached hydrogen (secondary N) is 2. The van der Waals surface area contributed by atoms with Crippen molar-refractivity contribution in [3.8, 4) is 0 Å². The lowest BCUT2D eigenvalue weighted by atomic mass is 9.82. The minimum absolute atomic E-state index is 0.0744. The van der Waals surface area contributed by atoms with Gasteiger partial charge in [0.15, 0.2) is 11.6 Å². The van der Waals surface area contributed by atoms with Crippen LogP contribution in [0.2, 0.25) is 0 Å². The number of anilines is 2. The number of imide groups is 2. The van der Waals surface area contributed by atoms with Gasteiger partial charge in [0.1, 0.15) is 13.1 Å². The monoisotopic (exact) mass is 612 g/mol. The van der Waals surface area contributed by atoms with E-state index in [-0.39, 0.29) is 55.9 Å². The van der Waals surface area contributed by atoms with Gasteiger partial charge < -0.3 is 10.6 Å². The summed E-state index contributed by atoms with van der Waals surface area (Å²) in [6, 6.07) is 21.0. The molecule has 1 aliphatic carbocycles. The lowest BCUT2D eigenvalue weighted by molar-refractivity contribution is -0.117. The lowest BCUT2D eigenvalue weighted by Crippen LogP contribution is -2.38. The van der Waals surface area contributed by atoms with E-state index < -0.39 is 60.1 Å². The van der Waals surface area contributed by atoms with Crippen molar-refractivity contribution in [3.63, 3.8) is 0 Å². The molecule has 46 heavy (non-hydrogen) atoms. The van der Waals surface area contributed by atoms with Crippen molar-refractivity contribution in [3.05, 3.63) is 129 Å². The molecule has 0 bridgehead atoms. The largest absolute Gasteiger partial charge is 0.324 e. The van der Waals surface area contributed by atoms with Crippen LogP contribution >= 0.6 is 0 Å². The smallest absolute Gasteiger partial charge is 0.262 e. The molecule has 0 saturated heterocycles. The average molecular weight is 613 g/mol. The molecule has 0 radical (unpaired) electrons. The zero-order chi connectivity index (χ0) is 32.3. The molecule has 4 aromatic rings. The maximum Gasteiger partial charge on any atom is 0.262 e. The Balaban J connectivity index is 1.18. The minimum atomic E-state index is -0.807. The molecule has 224 valence electrons. The predicted octanol–water partition coefficient (Wildman–Crippen LogP) is 2.93. The first kappa shape index (κ1) is 28.2. The number of fused-ring (bicyclic) bond motifs is 4. The number of carbonyl (C=O) groups excluding carboxylic acids is 8. The molecular formula is C34H20N4O8. The maximum absolute atomic E-state index is 13.7. The molecule has 12 heteroatoms. The van der Waals surface area contributed by atoms with Crippen molar-refractivity contribution in [2.45, 2.75) is 0 Å². The molecule has 0 atom stereocenters. The highest BCUT2D eigenvalue weighted by Gasteiger charge is 2.39. The van der Waals surface area contributed by atoms with Crippen molar-refractivity contribution >= 4 is 58.4 Å². The molecular weight excluding hydrogens is 592 g/mol. The molecule has 3 aliphatic rings. The molecule has 12 nitrogen and oxygen atoms in total. The highest BCUT2D eigenvalue weighted by molar-refractivity contribution is 6.33. The normalized spacial score (nSPS) is 14.6. The summed E-state index contributed by atoms with van der Waals surface area (Å²) in [6.45, 7) is -1.31. The van der Waals surface area contributed by atoms with Crippen LogP contribution in [0.5, 0.6) is 0 Å². The summed E-state index contributed by atoms with van der Waals surface area (Å²) in [5.41, 5.74) is 0.220. The van der Waals surface area contributed by atoms with Gasteiger partial charge in [0, 0.05) is 11.1 Å². The lowest BCUT2D eigenvalue weighted by Gasteiger charge is -2.24. The fourth-order valence-electron chi connectivity index (χ4n) is 5.86. The second-order valence-corrected chi connectivity index (χ2v) is 10.7. The first-order chi connectivity index (χ1) is 22.2. The highest BCUT2D eigenvalue weighted by Crippen LogP contribution is 2.37. The van der Waals surface area contributed by atoms with Crippen LogP contribution in [0, 0.1) is 0 Å². The van der Waals surface area contributed by atoms with Gasteiger partial charge in [-0.1, -0.05) is 48.5 Å². The number of amides is 6. The van der Waals surface area contributed by atoms with E-state index in [4.69, 9.17) is 0 Å². The van der Waals surface area contributed by atoms with Crippen LogP contribution in [0.4, 0.5) is 11.4 Å². The van der Waals surface area contributed by atoms with Gasteiger partial charge in [-0.2, -0.15) is 0 Å². The molecule has 2 N–H and O–H groups in total. The third-order valence-corrected chi connectivity index (χ3v) is 7.98. The van der Waals surface area contributed by atoms with E-state index >= 15 is 0 Å². The Morgan fingerprint density at radius 2 is 0.717 bits per heavy atom. The topological polar surface area (TPSA) is 167 Å². The minimum Gasteiger partial charge on any atom is -0.324 e. The second kappa shape index (κ2) is 10.6. The standard InChI is InChI=1S/C34H20N4O8/c39-25(15-37-31(43)19-9-3-4-10-20(19)32(37)44)35-23-13-14-24(28-27(23)29(41)17-7-1-2-8-18(17)30(28)42)36-26(40)16-38-33(45)21-11-5-6-12-22(21)34(38)46/h1-14H,15-16H2,(H,35,39)(H,36,40). The first-order valence-electron chi connectivity index (χ1n) is 14.0. The third kappa shape index (κ3) is 4.31. The Hall–Kier alpha value is -6.56. The fraction of sp³-hybridized carbons (Fsp3) is 0.0588. The van der Waals surface area contributed by atoms with E-state index in [1.165, 1.54) is 48.5 Å². The van der Waals surface area contributed by atoms with E-state index in [1.54, 1.807) is 36.4 Å². The Bertz CT molecular complexity index is 1920. The Labute approximate surface area is 259 Å². The van der Waals surface area contributed by atoms with Gasteiger partial charge in [0.25, 0.3) is 23.6 Å². The van der Waals surface area contributed by atoms with Crippen LogP contribution in [-0.2, 0) is 9.59 Å². The predicted molar refractivity (Wildman–Crippen MR) is 161 cm³/mol. The zero-order valence-corrected chi connectivity index (χ0v) is 23.7. The van der Waals surface area contributed by atoms with E-state index in [2.05, 4.69) is 10.6 Å². The van der Waals surface area contributed by atoms with Crippen molar-refractivity contribution in [2.75, 3.05) is 23.7 Å². The summed E-state index contributed by atoms with van der Waals surface area (Å²) in [5, 5.41) is 5.08. The van der Waals surface area contributed by atoms with Crippen molar-refractivity contribution in [2.24, 2.45) is 0 Å². The van der Waals surface area contributed by atoms with Crippen molar-refractivity contribution < 1.29 is 38.4 Å². The fourth-order valence-corrected chi connectivity index (χ4v) is 5.86. The van der Waals surface area contributed by atoms with Gasteiger partial charge in [-0.15, -0.1) is 0 Å². The van der Waals surface area contributed by atoms with Crippen LogP contribution < -0.4 is 10.6 Å². The summed E-state index contributed by atoms with van der Waals surface area (Å²) < 4.78 is 0. The quantitative estimate of drug-likeness (QED) is 0.276. The zero-order valence-electron chi connectivity index (χ0n) is 23.7. The Kier molecular flexibility index (Phi) is 6.48. The van der Waals surface area contributed by atoms with E-state index in [1.807, 2.05) is 0 Å². The molecule has 2 heterocycles. The maximum atomic E-state index is 13.7. The summed E-state index contributed by atoms with van der Waals surface area (Å²) in [6.07, 6.45) is 0. The first-order valence-corrected chi connectivity index (χ1v) is 14.0. The van der Waals surface area contributed by atoms with E-state index in [9.17, 15) is 38.4 Å². The Morgan fingerprint density at radius 1 is 0.435 bits per heavy atom. The molecule has 0 aromatic heterocycles. The third-order valence-electron chi connectivity index (χ3n) is 7.98. The number of hydrogen-bond donors (Lipinski definition) is 2. The number of benzene rings is 4. The van der Waals surface area contributed by atoms with E-state index in [0.717, 1.165) is 9.80 Å². The molecule has 4 aromatic carbocycles. The van der Waals surface area contributed by atoms with Crippen molar-refractivity contribution in [1.82, 2.24) is 9.80 Å².